The van der Waals surface area contributed by atoms with Crippen LogP contribution in [0.5, 0.6) is 0 Å². The van der Waals surface area contributed by atoms with E-state index in [9.17, 15) is 39.0 Å². The van der Waals surface area contributed by atoms with Gasteiger partial charge in [-0.25, -0.2) is 9.59 Å². The van der Waals surface area contributed by atoms with Crippen LogP contribution in [0.1, 0.15) is 23.3 Å². The molecule has 38 heavy (non-hydrogen) atoms. The monoisotopic (exact) mass is 553 g/mol. The van der Waals surface area contributed by atoms with Gasteiger partial charge in [0.2, 0.25) is 17.7 Å². The molecule has 3 heterocycles. The number of aryl methyl sites for hydroxylation is 1. The molecule has 14 nitrogen and oxygen atoms in total. The Labute approximate surface area is 222 Å². The SMILES string of the molecule is COCC(=O)NC1CC(C(=O)O)N(C(=O)CSCC(=O)N2CC(NC(=O)c3cccn3C)CC2C(=O)O)C1. The van der Waals surface area contributed by atoms with E-state index < -0.39 is 53.8 Å². The number of likely N-dealkylation sites (tertiary alicyclic amines) is 2. The summed E-state index contributed by atoms with van der Waals surface area (Å²) >= 11 is 0.943. The number of carboxylic acid groups (broad SMARTS) is 2. The molecule has 0 saturated carbocycles. The molecular weight excluding hydrogens is 522 g/mol. The number of nitrogens with one attached hydrogen (secondary N) is 2. The molecule has 0 radical (unpaired) electrons. The first-order chi connectivity index (χ1) is 18.0. The van der Waals surface area contributed by atoms with Gasteiger partial charge in [-0.05, 0) is 12.1 Å². The van der Waals surface area contributed by atoms with Gasteiger partial charge in [-0.3, -0.25) is 19.2 Å². The Bertz CT molecular complexity index is 1090. The van der Waals surface area contributed by atoms with Crippen LogP contribution in [-0.4, -0.2) is 123 Å². The average Bonchev–Trinajstić information content (AvgIpc) is 3.57. The highest BCUT2D eigenvalue weighted by Gasteiger charge is 2.42. The Morgan fingerprint density at radius 3 is 1.92 bits per heavy atom. The van der Waals surface area contributed by atoms with Crippen molar-refractivity contribution in [1.82, 2.24) is 25.0 Å². The Kier molecular flexibility index (Phi) is 9.74. The summed E-state index contributed by atoms with van der Waals surface area (Å²) in [4.78, 5) is 75.6. The van der Waals surface area contributed by atoms with Crippen LogP contribution in [-0.2, 0) is 35.8 Å². The second-order valence-electron chi connectivity index (χ2n) is 9.14. The van der Waals surface area contributed by atoms with Crippen LogP contribution in [0.25, 0.3) is 0 Å². The minimum absolute atomic E-state index is 0.00942. The van der Waals surface area contributed by atoms with E-state index in [0.717, 1.165) is 16.7 Å². The lowest BCUT2D eigenvalue weighted by Crippen LogP contribution is -2.44. The van der Waals surface area contributed by atoms with Gasteiger partial charge in [0.15, 0.2) is 0 Å². The van der Waals surface area contributed by atoms with E-state index in [1.807, 2.05) is 0 Å². The molecule has 0 aliphatic carbocycles. The summed E-state index contributed by atoms with van der Waals surface area (Å²) in [5, 5.41) is 24.5. The van der Waals surface area contributed by atoms with Crippen LogP contribution in [0, 0.1) is 0 Å². The number of nitrogens with zero attached hydrogens (tertiary/aromatic N) is 3. The lowest BCUT2D eigenvalue weighted by Gasteiger charge is -2.23. The number of carboxylic acids is 2. The molecule has 2 fully saturated rings. The van der Waals surface area contributed by atoms with Gasteiger partial charge in [0.1, 0.15) is 24.4 Å². The quantitative estimate of drug-likeness (QED) is 0.247. The Balaban J connectivity index is 1.52. The third kappa shape index (κ3) is 7.04. The highest BCUT2D eigenvalue weighted by molar-refractivity contribution is 8.00. The molecule has 2 aliphatic rings. The van der Waals surface area contributed by atoms with Crippen LogP contribution in [0.2, 0.25) is 0 Å². The fourth-order valence-corrected chi connectivity index (χ4v) is 5.43. The summed E-state index contributed by atoms with van der Waals surface area (Å²) in [7, 11) is 3.06. The molecule has 3 rings (SSSR count). The predicted octanol–water partition coefficient (Wildman–Crippen LogP) is -1.64. The summed E-state index contributed by atoms with van der Waals surface area (Å²) in [6.45, 7) is -0.170. The lowest BCUT2D eigenvalue weighted by atomic mass is 10.1. The summed E-state index contributed by atoms with van der Waals surface area (Å²) in [5.41, 5.74) is 0.401. The van der Waals surface area contributed by atoms with Crippen molar-refractivity contribution < 1.29 is 43.7 Å². The molecule has 4 amide bonds. The van der Waals surface area contributed by atoms with Gasteiger partial charge in [-0.15, -0.1) is 11.8 Å². The highest BCUT2D eigenvalue weighted by Crippen LogP contribution is 2.22. The molecule has 2 saturated heterocycles. The van der Waals surface area contributed by atoms with Crippen molar-refractivity contribution in [1.29, 1.82) is 0 Å². The Morgan fingerprint density at radius 1 is 0.947 bits per heavy atom. The third-order valence-corrected chi connectivity index (χ3v) is 7.32. The van der Waals surface area contributed by atoms with Crippen LogP contribution in [0.4, 0.5) is 0 Å². The normalized spacial score (nSPS) is 22.8. The van der Waals surface area contributed by atoms with Gasteiger partial charge in [-0.1, -0.05) is 0 Å². The molecule has 4 N–H and O–H groups in total. The van der Waals surface area contributed by atoms with E-state index in [2.05, 4.69) is 10.6 Å². The third-order valence-electron chi connectivity index (χ3n) is 6.42. The number of methoxy groups -OCH3 is 1. The van der Waals surface area contributed by atoms with Gasteiger partial charge < -0.3 is 40.0 Å². The van der Waals surface area contributed by atoms with E-state index >= 15 is 0 Å². The van der Waals surface area contributed by atoms with Crippen molar-refractivity contribution in [2.24, 2.45) is 7.05 Å². The van der Waals surface area contributed by atoms with Gasteiger partial charge in [0, 0.05) is 58.4 Å². The zero-order valence-corrected chi connectivity index (χ0v) is 21.8. The second kappa shape index (κ2) is 12.8. The van der Waals surface area contributed by atoms with Crippen molar-refractivity contribution in [3.05, 3.63) is 24.0 Å². The Morgan fingerprint density at radius 2 is 1.47 bits per heavy atom. The molecule has 0 aromatic carbocycles. The average molecular weight is 554 g/mol. The lowest BCUT2D eigenvalue weighted by molar-refractivity contribution is -0.147. The molecule has 1 aromatic rings. The number of aliphatic carboxylic acids is 2. The summed E-state index contributed by atoms with van der Waals surface area (Å²) in [5.74, 6) is -4.62. The first kappa shape index (κ1) is 29.0. The molecule has 0 bridgehead atoms. The second-order valence-corrected chi connectivity index (χ2v) is 10.1. The molecule has 4 atom stereocenters. The van der Waals surface area contributed by atoms with Gasteiger partial charge in [0.25, 0.3) is 5.91 Å². The van der Waals surface area contributed by atoms with E-state index in [4.69, 9.17) is 4.74 Å². The van der Waals surface area contributed by atoms with Gasteiger partial charge >= 0.3 is 11.9 Å². The molecular formula is C23H31N5O9S. The van der Waals surface area contributed by atoms with Crippen molar-refractivity contribution >= 4 is 47.3 Å². The van der Waals surface area contributed by atoms with Crippen LogP contribution in [0.15, 0.2) is 18.3 Å². The van der Waals surface area contributed by atoms with Gasteiger partial charge in [0.05, 0.1) is 11.5 Å². The number of hydrogen-bond donors (Lipinski definition) is 4. The number of aromatic nitrogens is 1. The number of thioether (sulfide) groups is 1. The van der Waals surface area contributed by atoms with Crippen LogP contribution in [0.3, 0.4) is 0 Å². The van der Waals surface area contributed by atoms with Crippen molar-refractivity contribution in [3.8, 4) is 0 Å². The zero-order chi connectivity index (χ0) is 28.0. The fourth-order valence-electron chi connectivity index (χ4n) is 4.65. The Hall–Kier alpha value is -3.59. The van der Waals surface area contributed by atoms with Gasteiger partial charge in [-0.2, -0.15) is 0 Å². The molecule has 0 spiro atoms. The van der Waals surface area contributed by atoms with Crippen molar-refractivity contribution in [3.63, 3.8) is 0 Å². The molecule has 15 heteroatoms. The molecule has 208 valence electrons. The van der Waals surface area contributed by atoms with E-state index in [1.165, 1.54) is 12.0 Å². The minimum atomic E-state index is -1.20. The standard InChI is InChI=1S/C23H31N5O9S/c1-26-5-3-4-15(26)21(32)25-14-7-17(23(35)36)28(9-14)20(31)12-38-11-19(30)27-8-13(6-16(27)22(33)34)24-18(29)10-37-2/h3-5,13-14,16-17H,6-12H2,1-2H3,(H,24,29)(H,25,32)(H,33,34)(H,35,36). The maximum absolute atomic E-state index is 12.8. The molecule has 1 aromatic heterocycles. The minimum Gasteiger partial charge on any atom is -0.480 e. The number of hydrogen-bond acceptors (Lipinski definition) is 8. The maximum Gasteiger partial charge on any atom is 0.326 e. The first-order valence-electron chi connectivity index (χ1n) is 11.8. The van der Waals surface area contributed by atoms with E-state index in [1.54, 1.807) is 29.9 Å². The predicted molar refractivity (Wildman–Crippen MR) is 133 cm³/mol. The molecule has 4 unspecified atom stereocenters. The van der Waals surface area contributed by atoms with Crippen LogP contribution < -0.4 is 10.6 Å². The maximum atomic E-state index is 12.8. The number of ether oxygens (including phenoxy) is 1. The van der Waals surface area contributed by atoms with Crippen LogP contribution >= 0.6 is 11.8 Å². The highest BCUT2D eigenvalue weighted by atomic mass is 32.2. The fraction of sp³-hybridized carbons (Fsp3) is 0.565. The number of carbonyl (C=O) groups is 6. The van der Waals surface area contributed by atoms with Crippen molar-refractivity contribution in [2.75, 3.05) is 38.3 Å². The number of amides is 4. The van der Waals surface area contributed by atoms with E-state index in [-0.39, 0.29) is 50.0 Å². The summed E-state index contributed by atoms with van der Waals surface area (Å²) < 4.78 is 6.37. The zero-order valence-electron chi connectivity index (χ0n) is 21.0. The van der Waals surface area contributed by atoms with Crippen molar-refractivity contribution in [2.45, 2.75) is 37.0 Å². The summed E-state index contributed by atoms with van der Waals surface area (Å²) in [6, 6.07) is -0.00543. The largest absolute Gasteiger partial charge is 0.480 e. The first-order valence-corrected chi connectivity index (χ1v) is 13.0. The number of rotatable bonds is 11. The summed E-state index contributed by atoms with van der Waals surface area (Å²) in [6.07, 6.45) is 1.80. The van der Waals surface area contributed by atoms with E-state index in [0.29, 0.717) is 5.69 Å². The smallest absolute Gasteiger partial charge is 0.326 e. The number of carbonyl (C=O) groups excluding carboxylic acids is 4. The topological polar surface area (TPSA) is 188 Å². The molecule has 2 aliphatic heterocycles.